The molecule has 0 spiro atoms. The highest BCUT2D eigenvalue weighted by molar-refractivity contribution is 7.98. The summed E-state index contributed by atoms with van der Waals surface area (Å²) in [4.78, 5) is 15.0. The maximum Gasteiger partial charge on any atom is 0.223 e. The van der Waals surface area contributed by atoms with Crippen LogP contribution in [0, 0.1) is 11.6 Å². The van der Waals surface area contributed by atoms with Crippen LogP contribution in [-0.4, -0.2) is 19.9 Å². The Morgan fingerprint density at radius 2 is 2.05 bits per heavy atom. The average Bonchev–Trinajstić information content (AvgIpc) is 2.88. The Morgan fingerprint density at radius 3 is 2.85 bits per heavy atom. The molecular formula is C12H9F2N5S. The molecule has 2 heterocycles. The minimum absolute atomic E-state index is 0.123. The fraction of sp³-hybridized carbons (Fsp3) is 0.0833. The lowest BCUT2D eigenvalue weighted by Gasteiger charge is -2.04. The van der Waals surface area contributed by atoms with E-state index < -0.39 is 11.6 Å². The molecule has 0 aliphatic carbocycles. The van der Waals surface area contributed by atoms with E-state index in [0.29, 0.717) is 27.5 Å². The van der Waals surface area contributed by atoms with Crippen LogP contribution in [0.15, 0.2) is 29.6 Å². The number of rotatable bonds is 3. The summed E-state index contributed by atoms with van der Waals surface area (Å²) in [6.07, 6.45) is 1.50. The van der Waals surface area contributed by atoms with E-state index in [2.05, 4.69) is 19.9 Å². The Labute approximate surface area is 116 Å². The van der Waals surface area contributed by atoms with E-state index in [-0.39, 0.29) is 5.95 Å². The minimum Gasteiger partial charge on any atom is -0.368 e. The van der Waals surface area contributed by atoms with Gasteiger partial charge in [-0.05, 0) is 17.7 Å². The maximum atomic E-state index is 13.1. The third-order valence-corrected chi connectivity index (χ3v) is 3.68. The number of nitrogens with two attached hydrogens (primary N) is 1. The quantitative estimate of drug-likeness (QED) is 0.573. The molecule has 8 heteroatoms. The average molecular weight is 293 g/mol. The molecule has 0 aliphatic heterocycles. The number of aromatic amines is 1. The zero-order valence-corrected chi connectivity index (χ0v) is 10.9. The second-order valence-corrected chi connectivity index (χ2v) is 4.99. The van der Waals surface area contributed by atoms with E-state index in [9.17, 15) is 8.78 Å². The van der Waals surface area contributed by atoms with E-state index >= 15 is 0 Å². The van der Waals surface area contributed by atoms with Crippen molar-refractivity contribution in [2.45, 2.75) is 10.8 Å². The second kappa shape index (κ2) is 5.04. The molecule has 0 unspecified atom stereocenters. The number of fused-ring (bicyclic) bond motifs is 1. The van der Waals surface area contributed by atoms with Crippen LogP contribution in [0.4, 0.5) is 14.7 Å². The van der Waals surface area contributed by atoms with Gasteiger partial charge in [0.2, 0.25) is 5.95 Å². The first-order valence-electron chi connectivity index (χ1n) is 5.67. The Morgan fingerprint density at radius 1 is 1.20 bits per heavy atom. The first-order valence-corrected chi connectivity index (χ1v) is 6.65. The fourth-order valence-corrected chi connectivity index (χ4v) is 2.64. The van der Waals surface area contributed by atoms with Gasteiger partial charge in [0.25, 0.3) is 0 Å². The van der Waals surface area contributed by atoms with Crippen molar-refractivity contribution in [2.24, 2.45) is 0 Å². The van der Waals surface area contributed by atoms with Gasteiger partial charge in [0.05, 0.1) is 6.33 Å². The van der Waals surface area contributed by atoms with Crippen molar-refractivity contribution >= 4 is 28.9 Å². The van der Waals surface area contributed by atoms with Gasteiger partial charge in [0.1, 0.15) is 10.5 Å². The smallest absolute Gasteiger partial charge is 0.223 e. The molecule has 102 valence electrons. The van der Waals surface area contributed by atoms with Crippen molar-refractivity contribution in [2.75, 3.05) is 5.73 Å². The lowest BCUT2D eigenvalue weighted by Crippen LogP contribution is -1.97. The van der Waals surface area contributed by atoms with Crippen LogP contribution in [0.25, 0.3) is 11.2 Å². The number of hydrogen-bond donors (Lipinski definition) is 2. The molecule has 3 aromatic rings. The van der Waals surface area contributed by atoms with Crippen LogP contribution in [0.5, 0.6) is 0 Å². The Balaban J connectivity index is 1.86. The fourth-order valence-electron chi connectivity index (χ4n) is 1.71. The number of nitrogens with one attached hydrogen (secondary N) is 1. The molecule has 2 aromatic heterocycles. The summed E-state index contributed by atoms with van der Waals surface area (Å²) in [6, 6.07) is 3.79. The zero-order chi connectivity index (χ0) is 14.1. The number of thioether (sulfide) groups is 1. The van der Waals surface area contributed by atoms with Crippen LogP contribution in [0.1, 0.15) is 5.56 Å². The third-order valence-electron chi connectivity index (χ3n) is 2.63. The van der Waals surface area contributed by atoms with Crippen LogP contribution >= 0.6 is 11.8 Å². The molecule has 1 aromatic carbocycles. The van der Waals surface area contributed by atoms with E-state index in [0.717, 1.165) is 12.1 Å². The number of benzene rings is 1. The zero-order valence-electron chi connectivity index (χ0n) is 10.1. The number of H-pyrrole nitrogens is 1. The van der Waals surface area contributed by atoms with Gasteiger partial charge in [-0.25, -0.2) is 18.7 Å². The van der Waals surface area contributed by atoms with Gasteiger partial charge in [-0.3, -0.25) is 0 Å². The number of hydrogen-bond acceptors (Lipinski definition) is 5. The molecule has 0 saturated heterocycles. The summed E-state index contributed by atoms with van der Waals surface area (Å²) < 4.78 is 26.0. The molecule has 0 bridgehead atoms. The van der Waals surface area contributed by atoms with Gasteiger partial charge in [-0.15, -0.1) is 0 Å². The Hall–Kier alpha value is -2.22. The summed E-state index contributed by atoms with van der Waals surface area (Å²) in [5.41, 5.74) is 7.40. The van der Waals surface area contributed by atoms with Gasteiger partial charge < -0.3 is 10.7 Å². The van der Waals surface area contributed by atoms with Crippen LogP contribution in [0.2, 0.25) is 0 Å². The maximum absolute atomic E-state index is 13.1. The molecule has 0 saturated carbocycles. The van der Waals surface area contributed by atoms with E-state index in [4.69, 9.17) is 5.73 Å². The van der Waals surface area contributed by atoms with Gasteiger partial charge in [0, 0.05) is 5.75 Å². The largest absolute Gasteiger partial charge is 0.368 e. The van der Waals surface area contributed by atoms with Crippen molar-refractivity contribution in [3.05, 3.63) is 41.7 Å². The number of imidazole rings is 1. The van der Waals surface area contributed by atoms with E-state index in [1.54, 1.807) is 0 Å². The van der Waals surface area contributed by atoms with Crippen LogP contribution in [0.3, 0.4) is 0 Å². The molecule has 0 aliphatic rings. The number of nitrogen functional groups attached to an aromatic ring is 1. The summed E-state index contributed by atoms with van der Waals surface area (Å²) in [5.74, 6) is -1.17. The van der Waals surface area contributed by atoms with Crippen molar-refractivity contribution in [3.63, 3.8) is 0 Å². The summed E-state index contributed by atoms with van der Waals surface area (Å²) >= 11 is 1.34. The van der Waals surface area contributed by atoms with Gasteiger partial charge in [0.15, 0.2) is 17.3 Å². The number of nitrogens with zero attached hydrogens (tertiary/aromatic N) is 3. The molecule has 5 nitrogen and oxygen atoms in total. The lowest BCUT2D eigenvalue weighted by molar-refractivity contribution is 0.507. The summed E-state index contributed by atoms with van der Waals surface area (Å²) in [7, 11) is 0. The first kappa shape index (κ1) is 12.8. The molecule has 20 heavy (non-hydrogen) atoms. The van der Waals surface area contributed by atoms with E-state index in [1.807, 2.05) is 0 Å². The minimum atomic E-state index is -0.864. The van der Waals surface area contributed by atoms with Gasteiger partial charge in [-0.2, -0.15) is 4.98 Å². The summed E-state index contributed by atoms with van der Waals surface area (Å²) in [6.45, 7) is 0. The van der Waals surface area contributed by atoms with Crippen LogP contribution in [-0.2, 0) is 5.75 Å². The number of anilines is 1. The molecule has 0 radical (unpaired) electrons. The van der Waals surface area contributed by atoms with Crippen molar-refractivity contribution in [3.8, 4) is 0 Å². The standard InChI is InChI=1S/C12H9F2N5S/c13-7-2-1-6(3-8(7)14)4-20-11-9-10(17-5-16-9)18-12(15)19-11/h1-3,5H,4H2,(H3,15,16,17,18,19). The highest BCUT2D eigenvalue weighted by atomic mass is 32.2. The molecular weight excluding hydrogens is 284 g/mol. The SMILES string of the molecule is Nc1nc(SCc2ccc(F)c(F)c2)c2[nH]cnc2n1. The van der Waals surface area contributed by atoms with Gasteiger partial charge >= 0.3 is 0 Å². The van der Waals surface area contributed by atoms with Crippen molar-refractivity contribution in [1.82, 2.24) is 19.9 Å². The first-order chi connectivity index (χ1) is 9.63. The second-order valence-electron chi connectivity index (χ2n) is 4.03. The molecule has 0 fully saturated rings. The van der Waals surface area contributed by atoms with E-state index in [1.165, 1.54) is 24.2 Å². The Bertz CT molecular complexity index is 774. The molecule has 3 N–H and O–H groups in total. The topological polar surface area (TPSA) is 80.5 Å². The van der Waals surface area contributed by atoms with Crippen LogP contribution < -0.4 is 5.73 Å². The highest BCUT2D eigenvalue weighted by Gasteiger charge is 2.10. The highest BCUT2D eigenvalue weighted by Crippen LogP contribution is 2.27. The monoisotopic (exact) mass is 293 g/mol. The lowest BCUT2D eigenvalue weighted by atomic mass is 10.2. The van der Waals surface area contributed by atoms with Crippen molar-refractivity contribution < 1.29 is 8.78 Å². The molecule has 0 amide bonds. The molecule has 0 atom stereocenters. The normalized spacial score (nSPS) is 11.1. The molecule has 3 rings (SSSR count). The number of halogens is 2. The summed E-state index contributed by atoms with van der Waals surface area (Å²) in [5, 5.41) is 0.620. The van der Waals surface area contributed by atoms with Crippen molar-refractivity contribution in [1.29, 1.82) is 0 Å². The third kappa shape index (κ3) is 2.42. The predicted molar refractivity (Wildman–Crippen MR) is 72.0 cm³/mol. The predicted octanol–water partition coefficient (Wildman–Crippen LogP) is 2.51. The number of aromatic nitrogens is 4. The Kier molecular flexibility index (Phi) is 3.23. The van der Waals surface area contributed by atoms with Gasteiger partial charge in [-0.1, -0.05) is 17.8 Å².